The van der Waals surface area contributed by atoms with Crippen molar-refractivity contribution in [2.24, 2.45) is 0 Å². The minimum absolute atomic E-state index is 0. The summed E-state index contributed by atoms with van der Waals surface area (Å²) in [5.41, 5.74) is 0.963. The van der Waals surface area contributed by atoms with E-state index in [2.05, 4.69) is 4.98 Å². The van der Waals surface area contributed by atoms with Gasteiger partial charge >= 0.3 is 24.4 Å². The van der Waals surface area contributed by atoms with Crippen molar-refractivity contribution in [3.63, 3.8) is 0 Å². The topological polar surface area (TPSA) is 36.0 Å². The van der Waals surface area contributed by atoms with Gasteiger partial charge in [0.1, 0.15) is 0 Å². The monoisotopic (exact) mass is 369 g/mol. The molecule has 0 unspecified atom stereocenters. The number of hydrogen-bond acceptors (Lipinski definition) is 2. The Kier molecular flexibility index (Phi) is 34.6. The molecule has 0 amide bonds. The number of pyridine rings is 1. The number of aromatic nitrogens is 1. The minimum Gasteiger partial charge on any atom is -1.00 e. The second-order valence-corrected chi connectivity index (χ2v) is 1.67. The van der Waals surface area contributed by atoms with Gasteiger partial charge in [-0.25, -0.2) is 0 Å². The zero-order valence-electron chi connectivity index (χ0n) is 6.55. The van der Waals surface area contributed by atoms with E-state index in [4.69, 9.17) is 0 Å². The van der Waals surface area contributed by atoms with Gasteiger partial charge in [-0.05, 0) is 30.5 Å². The number of aryl methyl sites for hydroxylation is 1. The van der Waals surface area contributed by atoms with E-state index in [9.17, 15) is 5.11 Å². The predicted molar refractivity (Wildman–Crippen MR) is 34.2 cm³/mol. The summed E-state index contributed by atoms with van der Waals surface area (Å²) in [6, 6.07) is 3.29. The van der Waals surface area contributed by atoms with E-state index in [1.54, 1.807) is 6.07 Å². The Labute approximate surface area is 120 Å². The molecule has 1 aromatic heterocycles. The van der Waals surface area contributed by atoms with Crippen LogP contribution in [-0.2, 0) is 0 Å². The standard InChI is InChI=1S/C6H7NO.4ClH.Sb/c1-5-2-3-7-6(8)4-5;;;;;/h2-4H,1H3,(H,7,8);4*1H;/q;;;;;+5/p-5. The maximum absolute atomic E-state index is 10.4. The second kappa shape index (κ2) is 15.4. The fourth-order valence-corrected chi connectivity index (χ4v) is 0.508. The van der Waals surface area contributed by atoms with Gasteiger partial charge in [-0.1, -0.05) is 0 Å². The Balaban J connectivity index is -0.0000000427. The van der Waals surface area contributed by atoms with Crippen LogP contribution < -0.4 is 54.7 Å². The molecule has 0 saturated carbocycles. The quantitative estimate of drug-likeness (QED) is 0.425. The van der Waals surface area contributed by atoms with E-state index < -0.39 is 0 Å². The summed E-state index contributed by atoms with van der Waals surface area (Å²) in [4.78, 5) is 3.48. The Hall–Kier alpha value is 0.928. The van der Waals surface area contributed by atoms with Gasteiger partial charge in [-0.15, -0.1) is 0 Å². The third-order valence-corrected chi connectivity index (χ3v) is 0.890. The predicted octanol–water partition coefficient (Wildman–Crippen LogP) is -11.9. The number of rotatable bonds is 0. The molecule has 0 atom stereocenters. The summed E-state index contributed by atoms with van der Waals surface area (Å²) in [5.74, 6) is -0.162. The van der Waals surface area contributed by atoms with Gasteiger partial charge in [0.25, 0.3) is 0 Å². The van der Waals surface area contributed by atoms with E-state index in [1.165, 1.54) is 12.3 Å². The van der Waals surface area contributed by atoms with E-state index in [1.807, 2.05) is 6.92 Å². The van der Waals surface area contributed by atoms with Crippen LogP contribution in [0.25, 0.3) is 0 Å². The first-order chi connectivity index (χ1) is 3.79. The van der Waals surface area contributed by atoms with Gasteiger partial charge in [-0.3, -0.25) is 4.98 Å². The molecule has 0 fully saturated rings. The Morgan fingerprint density at radius 3 is 1.85 bits per heavy atom. The molecule has 74 valence electrons. The largest absolute Gasteiger partial charge is 5.00 e. The Morgan fingerprint density at radius 1 is 1.15 bits per heavy atom. The molecule has 7 heteroatoms. The van der Waals surface area contributed by atoms with Crippen molar-refractivity contribution < 1.29 is 54.7 Å². The number of halogens is 4. The summed E-state index contributed by atoms with van der Waals surface area (Å²) in [6.45, 7) is 1.86. The molecule has 0 aromatic carbocycles. The maximum Gasteiger partial charge on any atom is 5.00 e. The Morgan fingerprint density at radius 2 is 1.62 bits per heavy atom. The first-order valence-corrected chi connectivity index (χ1v) is 2.39. The van der Waals surface area contributed by atoms with E-state index >= 15 is 0 Å². The number of nitrogens with zero attached hydrogens (tertiary/aromatic N) is 1. The van der Waals surface area contributed by atoms with Crippen LogP contribution in [0.2, 0.25) is 0 Å². The fourth-order valence-electron chi connectivity index (χ4n) is 0.508. The summed E-state index contributed by atoms with van der Waals surface area (Å²) in [5, 5.41) is 10.4. The molecular formula is C6H6Cl4NOSb. The van der Waals surface area contributed by atoms with E-state index in [0.29, 0.717) is 0 Å². The van der Waals surface area contributed by atoms with Crippen molar-refractivity contribution in [1.82, 2.24) is 4.98 Å². The van der Waals surface area contributed by atoms with E-state index in [-0.39, 0.29) is 79.9 Å². The van der Waals surface area contributed by atoms with Crippen LogP contribution in [0.3, 0.4) is 0 Å². The van der Waals surface area contributed by atoms with Crippen molar-refractivity contribution in [3.05, 3.63) is 23.9 Å². The van der Waals surface area contributed by atoms with Crippen LogP contribution in [0, 0.1) is 6.92 Å². The van der Waals surface area contributed by atoms with Crippen LogP contribution in [-0.4, -0.2) is 29.4 Å². The zero-order chi connectivity index (χ0) is 5.98. The average molecular weight is 372 g/mol. The van der Waals surface area contributed by atoms with Crippen molar-refractivity contribution in [3.8, 4) is 5.88 Å². The third-order valence-electron chi connectivity index (χ3n) is 0.890. The molecule has 0 aliphatic heterocycles. The maximum atomic E-state index is 10.4. The average Bonchev–Trinajstić information content (AvgIpc) is 1.64. The van der Waals surface area contributed by atoms with Crippen LogP contribution in [0.4, 0.5) is 0 Å². The summed E-state index contributed by atoms with van der Waals surface area (Å²) in [6.07, 6.45) is 1.51. The summed E-state index contributed by atoms with van der Waals surface area (Å²) >= 11 is 0. The van der Waals surface area contributed by atoms with Crippen molar-refractivity contribution in [2.75, 3.05) is 0 Å². The smallest absolute Gasteiger partial charge is 1.00 e. The van der Waals surface area contributed by atoms with Crippen molar-refractivity contribution >= 4 is 24.4 Å². The van der Waals surface area contributed by atoms with E-state index in [0.717, 1.165) is 5.56 Å². The molecule has 13 heavy (non-hydrogen) atoms. The molecular weight excluding hydrogens is 366 g/mol. The first-order valence-electron chi connectivity index (χ1n) is 2.39. The minimum atomic E-state index is -0.162. The molecule has 0 bridgehead atoms. The molecule has 0 aliphatic rings. The van der Waals surface area contributed by atoms with Gasteiger partial charge in [0.2, 0.25) is 0 Å². The van der Waals surface area contributed by atoms with Gasteiger partial charge in [0.05, 0.1) is 0 Å². The molecule has 0 aliphatic carbocycles. The van der Waals surface area contributed by atoms with Crippen LogP contribution in [0.1, 0.15) is 5.56 Å². The molecule has 0 spiro atoms. The number of hydrogen-bond donors (Lipinski definition) is 0. The molecule has 2 nitrogen and oxygen atoms in total. The van der Waals surface area contributed by atoms with Gasteiger partial charge in [-0.2, -0.15) is 0 Å². The first kappa shape index (κ1) is 29.2. The van der Waals surface area contributed by atoms with Gasteiger partial charge in [0.15, 0.2) is 0 Å². The van der Waals surface area contributed by atoms with Crippen LogP contribution in [0.15, 0.2) is 18.3 Å². The second-order valence-electron chi connectivity index (χ2n) is 1.67. The van der Waals surface area contributed by atoms with Crippen molar-refractivity contribution in [2.45, 2.75) is 6.92 Å². The molecule has 1 aromatic rings. The van der Waals surface area contributed by atoms with Gasteiger partial charge < -0.3 is 54.7 Å². The molecule has 0 N–H and O–H groups in total. The fraction of sp³-hybridized carbons (Fsp3) is 0.167. The normalized spacial score (nSPS) is 5.62. The molecule has 1 heterocycles. The summed E-state index contributed by atoms with van der Waals surface area (Å²) in [7, 11) is 0. The van der Waals surface area contributed by atoms with Crippen LogP contribution >= 0.6 is 0 Å². The molecule has 0 saturated heterocycles. The van der Waals surface area contributed by atoms with Crippen molar-refractivity contribution in [1.29, 1.82) is 0 Å². The molecule has 1 rings (SSSR count). The van der Waals surface area contributed by atoms with Gasteiger partial charge in [0, 0.05) is 6.20 Å². The third kappa shape index (κ3) is 12.9. The SMILES string of the molecule is Cc1ccnc([O-])c1.[Cl-].[Cl-].[Cl-].[Cl-].[Sb+5]. The summed E-state index contributed by atoms with van der Waals surface area (Å²) < 4.78 is 0. The zero-order valence-corrected chi connectivity index (χ0v) is 12.1. The Bertz CT molecular complexity index is 184. The molecule has 0 radical (unpaired) electrons. The van der Waals surface area contributed by atoms with Crippen LogP contribution in [0.5, 0.6) is 5.88 Å².